The number of unbranched alkanes of at least 4 members (excludes halogenated alkanes) is 1. The maximum Gasteiger partial charge on any atom is 0.251 e. The van der Waals surface area contributed by atoms with Crippen LogP contribution in [0.25, 0.3) is 10.8 Å². The fourth-order valence-electron chi connectivity index (χ4n) is 2.03. The van der Waals surface area contributed by atoms with Crippen molar-refractivity contribution in [2.45, 2.75) is 12.8 Å². The molecule has 0 heterocycles. The monoisotopic (exact) mass is 260 g/mol. The first-order valence-corrected chi connectivity index (χ1v) is 6.39. The molecule has 2 aromatic rings. The van der Waals surface area contributed by atoms with E-state index in [2.05, 4.69) is 5.32 Å². The molecule has 2 rings (SSSR count). The van der Waals surface area contributed by atoms with Crippen molar-refractivity contribution in [1.29, 1.82) is 0 Å². The van der Waals surface area contributed by atoms with Crippen molar-refractivity contribution < 1.29 is 9.18 Å². The van der Waals surface area contributed by atoms with E-state index in [-0.39, 0.29) is 11.7 Å². The molecular formula is C15H17FN2O. The van der Waals surface area contributed by atoms with Gasteiger partial charge in [0, 0.05) is 17.5 Å². The lowest BCUT2D eigenvalue weighted by Gasteiger charge is -2.08. The van der Waals surface area contributed by atoms with E-state index >= 15 is 0 Å². The van der Waals surface area contributed by atoms with Gasteiger partial charge in [-0.3, -0.25) is 4.79 Å². The summed E-state index contributed by atoms with van der Waals surface area (Å²) in [6.45, 7) is 1.21. The summed E-state index contributed by atoms with van der Waals surface area (Å²) >= 11 is 0. The number of hydrogen-bond donors (Lipinski definition) is 2. The molecular weight excluding hydrogens is 243 g/mol. The molecule has 0 aliphatic carbocycles. The van der Waals surface area contributed by atoms with E-state index < -0.39 is 0 Å². The fourth-order valence-corrected chi connectivity index (χ4v) is 2.03. The Labute approximate surface area is 111 Å². The third kappa shape index (κ3) is 3.09. The van der Waals surface area contributed by atoms with Crippen molar-refractivity contribution in [1.82, 2.24) is 5.32 Å². The van der Waals surface area contributed by atoms with Crippen LogP contribution >= 0.6 is 0 Å². The lowest BCUT2D eigenvalue weighted by molar-refractivity contribution is 0.0954. The van der Waals surface area contributed by atoms with Gasteiger partial charge in [-0.25, -0.2) is 4.39 Å². The molecule has 0 fully saturated rings. The average molecular weight is 260 g/mol. The molecule has 0 aliphatic heterocycles. The van der Waals surface area contributed by atoms with Crippen molar-refractivity contribution in [3.8, 4) is 0 Å². The smallest absolute Gasteiger partial charge is 0.251 e. The maximum atomic E-state index is 13.6. The molecule has 19 heavy (non-hydrogen) atoms. The zero-order chi connectivity index (χ0) is 13.7. The van der Waals surface area contributed by atoms with Crippen LogP contribution in [0.15, 0.2) is 36.4 Å². The zero-order valence-electron chi connectivity index (χ0n) is 10.7. The molecule has 100 valence electrons. The van der Waals surface area contributed by atoms with Gasteiger partial charge in [0.05, 0.1) is 0 Å². The quantitative estimate of drug-likeness (QED) is 0.811. The summed E-state index contributed by atoms with van der Waals surface area (Å²) < 4.78 is 13.6. The fraction of sp³-hybridized carbons (Fsp3) is 0.267. The Balaban J connectivity index is 2.20. The Kier molecular flexibility index (Phi) is 4.47. The predicted octanol–water partition coefficient (Wildman–Crippen LogP) is 2.45. The van der Waals surface area contributed by atoms with Crippen LogP contribution in [0.4, 0.5) is 4.39 Å². The second kappa shape index (κ2) is 6.29. The molecule has 0 unspecified atom stereocenters. The van der Waals surface area contributed by atoms with Gasteiger partial charge >= 0.3 is 0 Å². The van der Waals surface area contributed by atoms with Crippen LogP contribution in [0.2, 0.25) is 0 Å². The molecule has 0 aliphatic rings. The van der Waals surface area contributed by atoms with Gasteiger partial charge < -0.3 is 11.1 Å². The Bertz CT molecular complexity index is 583. The van der Waals surface area contributed by atoms with Crippen molar-refractivity contribution in [3.63, 3.8) is 0 Å². The van der Waals surface area contributed by atoms with Gasteiger partial charge in [-0.05, 0) is 36.9 Å². The molecule has 0 bridgehead atoms. The highest BCUT2D eigenvalue weighted by Crippen LogP contribution is 2.21. The number of benzene rings is 2. The number of nitrogens with two attached hydrogens (primary N) is 1. The van der Waals surface area contributed by atoms with Gasteiger partial charge in [0.2, 0.25) is 0 Å². The largest absolute Gasteiger partial charge is 0.352 e. The minimum Gasteiger partial charge on any atom is -0.352 e. The number of carbonyl (C=O) groups is 1. The summed E-state index contributed by atoms with van der Waals surface area (Å²) in [7, 11) is 0. The van der Waals surface area contributed by atoms with E-state index in [0.717, 1.165) is 12.8 Å². The van der Waals surface area contributed by atoms with Crippen molar-refractivity contribution in [2.24, 2.45) is 5.73 Å². The number of carbonyl (C=O) groups excluding carboxylic acids is 1. The first-order valence-electron chi connectivity index (χ1n) is 6.39. The van der Waals surface area contributed by atoms with Gasteiger partial charge in [0.25, 0.3) is 5.91 Å². The van der Waals surface area contributed by atoms with Gasteiger partial charge in [0.15, 0.2) is 0 Å². The highest BCUT2D eigenvalue weighted by atomic mass is 19.1. The molecule has 0 radical (unpaired) electrons. The van der Waals surface area contributed by atoms with Crippen LogP contribution in [0, 0.1) is 5.82 Å². The highest BCUT2D eigenvalue weighted by Gasteiger charge is 2.11. The molecule has 0 atom stereocenters. The molecule has 0 aromatic heterocycles. The van der Waals surface area contributed by atoms with Gasteiger partial charge in [-0.2, -0.15) is 0 Å². The second-order valence-corrected chi connectivity index (χ2v) is 4.39. The molecule has 4 heteroatoms. The molecule has 0 saturated carbocycles. The Morgan fingerprint density at radius 1 is 1.11 bits per heavy atom. The maximum absolute atomic E-state index is 13.6. The zero-order valence-corrected chi connectivity index (χ0v) is 10.7. The van der Waals surface area contributed by atoms with Gasteiger partial charge in [-0.15, -0.1) is 0 Å². The Hall–Kier alpha value is -1.94. The number of hydrogen-bond acceptors (Lipinski definition) is 2. The number of halogens is 1. The normalized spacial score (nSPS) is 10.6. The Morgan fingerprint density at radius 3 is 2.58 bits per heavy atom. The summed E-state index contributed by atoms with van der Waals surface area (Å²) in [6.07, 6.45) is 1.73. The van der Waals surface area contributed by atoms with Crippen LogP contribution < -0.4 is 11.1 Å². The van der Waals surface area contributed by atoms with Gasteiger partial charge in [0.1, 0.15) is 5.82 Å². The van der Waals surface area contributed by atoms with Gasteiger partial charge in [-0.1, -0.05) is 24.3 Å². The molecule has 3 nitrogen and oxygen atoms in total. The third-order valence-electron chi connectivity index (χ3n) is 3.03. The Morgan fingerprint density at radius 2 is 1.84 bits per heavy atom. The van der Waals surface area contributed by atoms with E-state index in [1.165, 1.54) is 12.1 Å². The molecule has 3 N–H and O–H groups in total. The summed E-state index contributed by atoms with van der Waals surface area (Å²) in [6, 6.07) is 9.84. The first-order chi connectivity index (χ1) is 9.24. The van der Waals surface area contributed by atoms with Crippen molar-refractivity contribution in [2.75, 3.05) is 13.1 Å². The number of fused-ring (bicyclic) bond motifs is 1. The molecule has 0 spiro atoms. The molecule has 2 aromatic carbocycles. The van der Waals surface area contributed by atoms with E-state index in [1.807, 2.05) is 0 Å². The van der Waals surface area contributed by atoms with Crippen molar-refractivity contribution in [3.05, 3.63) is 47.8 Å². The van der Waals surface area contributed by atoms with Crippen LogP contribution in [0.3, 0.4) is 0 Å². The SMILES string of the molecule is NCCCCNC(=O)c1ccc(F)c2ccccc12. The third-order valence-corrected chi connectivity index (χ3v) is 3.03. The van der Waals surface area contributed by atoms with E-state index in [0.29, 0.717) is 29.4 Å². The lowest BCUT2D eigenvalue weighted by Crippen LogP contribution is -2.25. The summed E-state index contributed by atoms with van der Waals surface area (Å²) in [4.78, 5) is 12.1. The lowest BCUT2D eigenvalue weighted by atomic mass is 10.0. The minimum absolute atomic E-state index is 0.173. The number of amides is 1. The van der Waals surface area contributed by atoms with E-state index in [1.54, 1.807) is 24.3 Å². The first kappa shape index (κ1) is 13.5. The van der Waals surface area contributed by atoms with Crippen molar-refractivity contribution >= 4 is 16.7 Å². The number of nitrogens with one attached hydrogen (secondary N) is 1. The molecule has 0 saturated heterocycles. The topological polar surface area (TPSA) is 55.1 Å². The molecule has 1 amide bonds. The number of rotatable bonds is 5. The van der Waals surface area contributed by atoms with Crippen LogP contribution in [0.1, 0.15) is 23.2 Å². The standard InChI is InChI=1S/C15H17FN2O/c16-14-8-7-13(11-5-1-2-6-12(11)14)15(19)18-10-4-3-9-17/h1-2,5-8H,3-4,9-10,17H2,(H,18,19). The predicted molar refractivity (Wildman–Crippen MR) is 74.5 cm³/mol. The second-order valence-electron chi connectivity index (χ2n) is 4.39. The van der Waals surface area contributed by atoms with Crippen LogP contribution in [-0.2, 0) is 0 Å². The highest BCUT2D eigenvalue weighted by molar-refractivity contribution is 6.07. The summed E-state index contributed by atoms with van der Waals surface area (Å²) in [5.41, 5.74) is 5.90. The minimum atomic E-state index is -0.310. The summed E-state index contributed by atoms with van der Waals surface area (Å²) in [5, 5.41) is 3.94. The summed E-state index contributed by atoms with van der Waals surface area (Å²) in [5.74, 6) is -0.483. The van der Waals surface area contributed by atoms with Crippen LogP contribution in [0.5, 0.6) is 0 Å². The van der Waals surface area contributed by atoms with E-state index in [9.17, 15) is 9.18 Å². The average Bonchev–Trinajstić information content (AvgIpc) is 2.44. The van der Waals surface area contributed by atoms with E-state index in [4.69, 9.17) is 5.73 Å². The van der Waals surface area contributed by atoms with Crippen LogP contribution in [-0.4, -0.2) is 19.0 Å².